The number of carbonyl (C=O) groups excluding carboxylic acids is 1. The molecule has 1 aromatic heterocycles. The van der Waals surface area contributed by atoms with E-state index in [9.17, 15) is 4.79 Å². The second-order valence-electron chi connectivity index (χ2n) is 6.01. The first-order chi connectivity index (χ1) is 11.2. The molecule has 4 heteroatoms. The van der Waals surface area contributed by atoms with E-state index < -0.39 is 0 Å². The largest absolute Gasteiger partial charge is 0.489 e. The van der Waals surface area contributed by atoms with Crippen molar-refractivity contribution in [2.24, 2.45) is 0 Å². The Kier molecular flexibility index (Phi) is 3.30. The van der Waals surface area contributed by atoms with Crippen molar-refractivity contribution in [1.82, 2.24) is 9.88 Å². The summed E-state index contributed by atoms with van der Waals surface area (Å²) in [4.78, 5) is 12.1. The van der Waals surface area contributed by atoms with Crippen LogP contribution in [0.2, 0.25) is 0 Å². The number of rotatable bonds is 3. The molecule has 1 aliphatic rings. The number of carbonyl (C=O) groups is 1. The van der Waals surface area contributed by atoms with Crippen molar-refractivity contribution in [2.75, 3.05) is 0 Å². The van der Waals surface area contributed by atoms with Gasteiger partial charge in [0, 0.05) is 23.5 Å². The molecule has 0 saturated carbocycles. The van der Waals surface area contributed by atoms with Crippen LogP contribution < -0.4 is 10.1 Å². The molecule has 23 heavy (non-hydrogen) atoms. The van der Waals surface area contributed by atoms with Crippen molar-refractivity contribution in [3.63, 3.8) is 0 Å². The summed E-state index contributed by atoms with van der Waals surface area (Å²) in [6, 6.07) is 18.2. The fraction of sp³-hybridized carbons (Fsp3) is 0.211. The summed E-state index contributed by atoms with van der Waals surface area (Å²) >= 11 is 0. The molecular formula is C19H18N2O2. The van der Waals surface area contributed by atoms with Gasteiger partial charge in [0.25, 0.3) is 5.91 Å². The van der Waals surface area contributed by atoms with Gasteiger partial charge in [0.15, 0.2) is 0 Å². The zero-order chi connectivity index (χ0) is 15.8. The number of nitrogens with one attached hydrogen (secondary N) is 1. The molecular weight excluding hydrogens is 288 g/mol. The van der Waals surface area contributed by atoms with Crippen LogP contribution in [-0.2, 0) is 13.2 Å². The first-order valence-electron chi connectivity index (χ1n) is 7.81. The summed E-state index contributed by atoms with van der Waals surface area (Å²) in [6.07, 6.45) is 0. The van der Waals surface area contributed by atoms with Gasteiger partial charge in [-0.15, -0.1) is 0 Å². The van der Waals surface area contributed by atoms with Crippen molar-refractivity contribution >= 4 is 16.8 Å². The van der Waals surface area contributed by atoms with Crippen molar-refractivity contribution in [2.45, 2.75) is 26.1 Å². The average molecular weight is 306 g/mol. The normalized spacial score (nSPS) is 16.9. The highest BCUT2D eigenvalue weighted by Crippen LogP contribution is 2.27. The summed E-state index contributed by atoms with van der Waals surface area (Å²) in [6.45, 7) is 3.36. The number of aromatic nitrogens is 1. The summed E-state index contributed by atoms with van der Waals surface area (Å²) in [5.74, 6) is 0.810. The zero-order valence-corrected chi connectivity index (χ0v) is 13.0. The van der Waals surface area contributed by atoms with Crippen molar-refractivity contribution < 1.29 is 9.53 Å². The molecule has 1 unspecified atom stereocenters. The number of hydrogen-bond acceptors (Lipinski definition) is 2. The third-order valence-electron chi connectivity index (χ3n) is 4.19. The lowest BCUT2D eigenvalue weighted by Crippen LogP contribution is -2.42. The van der Waals surface area contributed by atoms with Crippen LogP contribution in [-0.4, -0.2) is 16.5 Å². The van der Waals surface area contributed by atoms with Gasteiger partial charge in [-0.25, -0.2) is 0 Å². The van der Waals surface area contributed by atoms with E-state index in [0.717, 1.165) is 34.5 Å². The van der Waals surface area contributed by atoms with E-state index in [1.807, 2.05) is 61.5 Å². The molecule has 0 bridgehead atoms. The maximum absolute atomic E-state index is 12.1. The fourth-order valence-corrected chi connectivity index (χ4v) is 3.08. The SMILES string of the molecule is CC1Cn2c(cc3cc(OCc4ccccc4)ccc32)C(=O)N1. The monoisotopic (exact) mass is 306 g/mol. The molecule has 1 amide bonds. The Labute approximate surface area is 134 Å². The molecule has 3 aromatic rings. The van der Waals surface area contributed by atoms with Crippen LogP contribution in [0.25, 0.3) is 10.9 Å². The minimum atomic E-state index is -0.00768. The van der Waals surface area contributed by atoms with Gasteiger partial charge < -0.3 is 14.6 Å². The molecule has 1 atom stereocenters. The van der Waals surface area contributed by atoms with Gasteiger partial charge >= 0.3 is 0 Å². The molecule has 0 aliphatic carbocycles. The van der Waals surface area contributed by atoms with Crippen LogP contribution in [0.15, 0.2) is 54.6 Å². The minimum Gasteiger partial charge on any atom is -0.489 e. The molecule has 0 fully saturated rings. The molecule has 0 spiro atoms. The van der Waals surface area contributed by atoms with Crippen LogP contribution in [0.1, 0.15) is 23.0 Å². The Morgan fingerprint density at radius 2 is 2.00 bits per heavy atom. The van der Waals surface area contributed by atoms with E-state index in [4.69, 9.17) is 4.74 Å². The molecule has 4 rings (SSSR count). The molecule has 2 heterocycles. The van der Waals surface area contributed by atoms with Gasteiger partial charge in [-0.2, -0.15) is 0 Å². The van der Waals surface area contributed by atoms with Crippen molar-refractivity contribution in [1.29, 1.82) is 0 Å². The van der Waals surface area contributed by atoms with Gasteiger partial charge in [-0.1, -0.05) is 30.3 Å². The topological polar surface area (TPSA) is 43.3 Å². The second kappa shape index (κ2) is 5.47. The lowest BCUT2D eigenvalue weighted by Gasteiger charge is -2.23. The Bertz CT molecular complexity index is 868. The summed E-state index contributed by atoms with van der Waals surface area (Å²) in [5, 5.41) is 4.00. The Morgan fingerprint density at radius 3 is 2.83 bits per heavy atom. The van der Waals surface area contributed by atoms with E-state index in [2.05, 4.69) is 9.88 Å². The molecule has 4 nitrogen and oxygen atoms in total. The molecule has 0 radical (unpaired) electrons. The molecule has 1 aliphatic heterocycles. The van der Waals surface area contributed by atoms with Crippen LogP contribution in [0.3, 0.4) is 0 Å². The fourth-order valence-electron chi connectivity index (χ4n) is 3.08. The van der Waals surface area contributed by atoms with E-state index in [1.54, 1.807) is 0 Å². The van der Waals surface area contributed by atoms with Gasteiger partial charge in [-0.3, -0.25) is 4.79 Å². The predicted molar refractivity (Wildman–Crippen MR) is 89.6 cm³/mol. The maximum Gasteiger partial charge on any atom is 0.268 e. The standard InChI is InChI=1S/C19H18N2O2/c1-13-11-21-17-8-7-16(23-12-14-5-3-2-4-6-14)9-15(17)10-18(21)19(22)20-13/h2-10,13H,11-12H2,1H3,(H,20,22). The smallest absolute Gasteiger partial charge is 0.268 e. The lowest BCUT2D eigenvalue weighted by atomic mass is 10.2. The van der Waals surface area contributed by atoms with Crippen LogP contribution in [0, 0.1) is 0 Å². The van der Waals surface area contributed by atoms with Gasteiger partial charge in [0.2, 0.25) is 0 Å². The zero-order valence-electron chi connectivity index (χ0n) is 13.0. The average Bonchev–Trinajstić information content (AvgIpc) is 2.92. The Morgan fingerprint density at radius 1 is 1.17 bits per heavy atom. The maximum atomic E-state index is 12.1. The minimum absolute atomic E-state index is 0.00768. The highest BCUT2D eigenvalue weighted by molar-refractivity contribution is 5.99. The quantitative estimate of drug-likeness (QED) is 0.806. The third kappa shape index (κ3) is 2.57. The number of fused-ring (bicyclic) bond motifs is 3. The Hall–Kier alpha value is -2.75. The number of hydrogen-bond donors (Lipinski definition) is 1. The number of ether oxygens (including phenoxy) is 1. The van der Waals surface area contributed by atoms with Crippen LogP contribution >= 0.6 is 0 Å². The lowest BCUT2D eigenvalue weighted by molar-refractivity contribution is 0.0907. The van der Waals surface area contributed by atoms with E-state index in [-0.39, 0.29) is 11.9 Å². The van der Waals surface area contributed by atoms with Crippen LogP contribution in [0.5, 0.6) is 5.75 Å². The van der Waals surface area contributed by atoms with E-state index in [1.165, 1.54) is 0 Å². The first kappa shape index (κ1) is 13.9. The summed E-state index contributed by atoms with van der Waals surface area (Å²) in [5.41, 5.74) is 2.93. The summed E-state index contributed by atoms with van der Waals surface area (Å²) < 4.78 is 7.95. The van der Waals surface area contributed by atoms with Gasteiger partial charge in [-0.05, 0) is 36.8 Å². The van der Waals surface area contributed by atoms with Crippen LogP contribution in [0.4, 0.5) is 0 Å². The van der Waals surface area contributed by atoms with Crippen molar-refractivity contribution in [3.8, 4) is 5.75 Å². The second-order valence-corrected chi connectivity index (χ2v) is 6.01. The molecule has 2 aromatic carbocycles. The highest BCUT2D eigenvalue weighted by Gasteiger charge is 2.23. The van der Waals surface area contributed by atoms with Crippen molar-refractivity contribution in [3.05, 3.63) is 65.9 Å². The highest BCUT2D eigenvalue weighted by atomic mass is 16.5. The first-order valence-corrected chi connectivity index (χ1v) is 7.81. The number of nitrogens with zero attached hydrogens (tertiary/aromatic N) is 1. The van der Waals surface area contributed by atoms with E-state index in [0.29, 0.717) is 6.61 Å². The number of benzene rings is 2. The molecule has 1 N–H and O–H groups in total. The molecule has 0 saturated heterocycles. The van der Waals surface area contributed by atoms with E-state index >= 15 is 0 Å². The van der Waals surface area contributed by atoms with Gasteiger partial charge in [0.05, 0.1) is 0 Å². The number of amides is 1. The molecule has 116 valence electrons. The summed E-state index contributed by atoms with van der Waals surface area (Å²) in [7, 11) is 0. The Balaban J connectivity index is 1.63. The van der Waals surface area contributed by atoms with Gasteiger partial charge in [0.1, 0.15) is 18.1 Å². The third-order valence-corrected chi connectivity index (χ3v) is 4.19. The predicted octanol–water partition coefficient (Wildman–Crippen LogP) is 3.35.